The molecule has 3 aromatic carbocycles. The molecule has 0 fully saturated rings. The monoisotopic (exact) mass is 614 g/mol. The van der Waals surface area contributed by atoms with Gasteiger partial charge in [-0.05, 0) is 53.9 Å². The van der Waals surface area contributed by atoms with Crippen LogP contribution in [-0.2, 0) is 17.8 Å². The normalized spacial score (nSPS) is 13.2. The third-order valence-corrected chi connectivity index (χ3v) is 6.22. The first kappa shape index (κ1) is 30.1. The number of aromatic nitrogens is 1. The Bertz CT molecular complexity index is 1670. The summed E-state index contributed by atoms with van der Waals surface area (Å²) in [7, 11) is 0. The predicted octanol–water partition coefficient (Wildman–Crippen LogP) is 6.39. The number of hydrogen-bond donors (Lipinski definition) is 3. The summed E-state index contributed by atoms with van der Waals surface area (Å²) in [6.07, 6.45) is -6.89. The van der Waals surface area contributed by atoms with Gasteiger partial charge in [0.2, 0.25) is 0 Å². The molecule has 228 valence electrons. The number of fused-ring (bicyclic) bond motifs is 1. The van der Waals surface area contributed by atoms with E-state index in [1.165, 1.54) is 24.4 Å². The van der Waals surface area contributed by atoms with Crippen molar-refractivity contribution >= 4 is 29.1 Å². The fraction of sp³-hybridized carbons (Fsp3) is 0.167. The molecule has 44 heavy (non-hydrogen) atoms. The van der Waals surface area contributed by atoms with Crippen molar-refractivity contribution in [3.8, 4) is 17.2 Å². The minimum Gasteiger partial charge on any atom is -0.418 e. The highest BCUT2D eigenvalue weighted by Gasteiger charge is 2.44. The molecule has 1 aliphatic heterocycles. The van der Waals surface area contributed by atoms with Gasteiger partial charge in [-0.2, -0.15) is 13.2 Å². The highest BCUT2D eigenvalue weighted by Crippen LogP contribution is 2.42. The minimum absolute atomic E-state index is 0.00411. The summed E-state index contributed by atoms with van der Waals surface area (Å²) in [6.45, 7) is 0.585. The van der Waals surface area contributed by atoms with Crippen molar-refractivity contribution < 1.29 is 45.8 Å². The second-order valence-corrected chi connectivity index (χ2v) is 9.41. The SMILES string of the molecule is O=C(Nc1ccc2c(c1)OC(F)(F)O2)c1cccc(OC(=O)C(F)(F)F)c1NCc1ccnc(NCCc2ccccc2)c1. The van der Waals surface area contributed by atoms with E-state index in [1.807, 2.05) is 30.3 Å². The molecule has 0 atom stereocenters. The average Bonchev–Trinajstić information content (AvgIpc) is 3.29. The van der Waals surface area contributed by atoms with Crippen molar-refractivity contribution in [2.45, 2.75) is 25.4 Å². The van der Waals surface area contributed by atoms with Crippen molar-refractivity contribution in [2.24, 2.45) is 0 Å². The van der Waals surface area contributed by atoms with Crippen LogP contribution in [0.3, 0.4) is 0 Å². The molecule has 2 heterocycles. The summed E-state index contributed by atoms with van der Waals surface area (Å²) in [5.41, 5.74) is 1.38. The molecule has 0 aliphatic carbocycles. The molecule has 0 spiro atoms. The first-order chi connectivity index (χ1) is 21.0. The largest absolute Gasteiger partial charge is 0.586 e. The molecule has 5 rings (SSSR count). The minimum atomic E-state index is -5.30. The van der Waals surface area contributed by atoms with Crippen molar-refractivity contribution in [3.63, 3.8) is 0 Å². The van der Waals surface area contributed by atoms with Crippen molar-refractivity contribution in [3.05, 3.63) is 102 Å². The van der Waals surface area contributed by atoms with E-state index in [1.54, 1.807) is 12.1 Å². The van der Waals surface area contributed by atoms with Crippen LogP contribution >= 0.6 is 0 Å². The van der Waals surface area contributed by atoms with Gasteiger partial charge in [0.15, 0.2) is 17.2 Å². The van der Waals surface area contributed by atoms with Crippen molar-refractivity contribution in [1.82, 2.24) is 4.98 Å². The van der Waals surface area contributed by atoms with Gasteiger partial charge >= 0.3 is 18.4 Å². The molecule has 4 aromatic rings. The molecular weight excluding hydrogens is 591 g/mol. The number of nitrogens with one attached hydrogen (secondary N) is 3. The zero-order valence-corrected chi connectivity index (χ0v) is 22.6. The molecule has 1 aliphatic rings. The Hall–Kier alpha value is -5.40. The van der Waals surface area contributed by atoms with Gasteiger partial charge < -0.3 is 30.2 Å². The van der Waals surface area contributed by atoms with Crippen molar-refractivity contribution in [1.29, 1.82) is 0 Å². The number of ether oxygens (including phenoxy) is 3. The number of rotatable bonds is 10. The van der Waals surface area contributed by atoms with E-state index >= 15 is 0 Å². The number of para-hydroxylation sites is 1. The Morgan fingerprint density at radius 2 is 1.64 bits per heavy atom. The Balaban J connectivity index is 1.34. The summed E-state index contributed by atoms with van der Waals surface area (Å²) in [5, 5.41) is 8.55. The molecule has 0 radical (unpaired) electrons. The maximum Gasteiger partial charge on any atom is 0.586 e. The number of alkyl halides is 5. The van der Waals surface area contributed by atoms with Crippen LogP contribution in [0, 0.1) is 0 Å². The Morgan fingerprint density at radius 3 is 2.41 bits per heavy atom. The lowest BCUT2D eigenvalue weighted by Gasteiger charge is -2.17. The number of amides is 1. The summed E-state index contributed by atoms with van der Waals surface area (Å²) in [5.74, 6) is -3.92. The number of anilines is 3. The summed E-state index contributed by atoms with van der Waals surface area (Å²) < 4.78 is 79.2. The van der Waals surface area contributed by atoms with Crippen LogP contribution in [0.5, 0.6) is 17.2 Å². The summed E-state index contributed by atoms with van der Waals surface area (Å²) >= 11 is 0. The topological polar surface area (TPSA) is 111 Å². The zero-order valence-electron chi connectivity index (χ0n) is 22.6. The Labute approximate surface area is 247 Å². The molecule has 0 unspecified atom stereocenters. The molecule has 3 N–H and O–H groups in total. The summed E-state index contributed by atoms with van der Waals surface area (Å²) in [4.78, 5) is 29.2. The average molecular weight is 615 g/mol. The first-order valence-corrected chi connectivity index (χ1v) is 13.1. The number of benzene rings is 3. The van der Waals surface area contributed by atoms with Gasteiger partial charge in [0, 0.05) is 31.0 Å². The van der Waals surface area contributed by atoms with Gasteiger partial charge in [-0.3, -0.25) is 4.79 Å². The van der Waals surface area contributed by atoms with Crippen LogP contribution < -0.4 is 30.2 Å². The van der Waals surface area contributed by atoms with Gasteiger partial charge in [0.1, 0.15) is 5.82 Å². The molecule has 0 bridgehead atoms. The quantitative estimate of drug-likeness (QED) is 0.107. The molecule has 1 aromatic heterocycles. The molecule has 14 heteroatoms. The zero-order chi connectivity index (χ0) is 31.3. The fourth-order valence-corrected chi connectivity index (χ4v) is 4.22. The van der Waals surface area contributed by atoms with E-state index in [-0.39, 0.29) is 35.0 Å². The maximum absolute atomic E-state index is 13.4. The second kappa shape index (κ2) is 12.5. The lowest BCUT2D eigenvalue weighted by atomic mass is 10.1. The van der Waals surface area contributed by atoms with Crippen LogP contribution in [0.2, 0.25) is 0 Å². The highest BCUT2D eigenvalue weighted by atomic mass is 19.4. The van der Waals surface area contributed by atoms with Crippen molar-refractivity contribution in [2.75, 3.05) is 22.5 Å². The smallest absolute Gasteiger partial charge is 0.418 e. The van der Waals surface area contributed by atoms with E-state index in [4.69, 9.17) is 0 Å². The molecule has 1 amide bonds. The van der Waals surface area contributed by atoms with E-state index < -0.39 is 30.1 Å². The Kier molecular flexibility index (Phi) is 8.51. The standard InChI is InChI=1S/C30H23F5N4O5/c31-29(32,33)28(41)42-23-8-4-7-21(27(40)39-20-9-10-22-24(16-20)44-30(34,35)43-22)26(23)38-17-19-12-14-37-25(15-19)36-13-11-18-5-2-1-3-6-18/h1-10,12,14-16,38H,11,13,17H2,(H,36,37)(H,39,40). The number of halogens is 5. The molecule has 0 saturated carbocycles. The number of esters is 1. The number of carbonyl (C=O) groups excluding carboxylic acids is 2. The second-order valence-electron chi connectivity index (χ2n) is 9.41. The van der Waals surface area contributed by atoms with Crippen LogP contribution in [0.4, 0.5) is 39.1 Å². The van der Waals surface area contributed by atoms with Gasteiger partial charge in [-0.1, -0.05) is 36.4 Å². The van der Waals surface area contributed by atoms with Crippen LogP contribution in [-0.4, -0.2) is 35.9 Å². The highest BCUT2D eigenvalue weighted by molar-refractivity contribution is 6.09. The van der Waals surface area contributed by atoms with Crippen LogP contribution in [0.1, 0.15) is 21.5 Å². The predicted molar refractivity (Wildman–Crippen MR) is 149 cm³/mol. The van der Waals surface area contributed by atoms with Crippen LogP contribution in [0.25, 0.3) is 0 Å². The molecular formula is C30H23F5N4O5. The first-order valence-electron chi connectivity index (χ1n) is 13.1. The Morgan fingerprint density at radius 1 is 0.864 bits per heavy atom. The number of carbonyl (C=O) groups is 2. The van der Waals surface area contributed by atoms with E-state index in [0.29, 0.717) is 17.9 Å². The number of pyridine rings is 1. The van der Waals surface area contributed by atoms with Gasteiger partial charge in [-0.15, -0.1) is 8.78 Å². The third kappa shape index (κ3) is 7.51. The van der Waals surface area contributed by atoms with Gasteiger partial charge in [0.05, 0.1) is 11.3 Å². The van der Waals surface area contributed by atoms with E-state index in [0.717, 1.165) is 30.2 Å². The van der Waals surface area contributed by atoms with E-state index in [9.17, 15) is 31.5 Å². The molecule has 0 saturated heterocycles. The lowest BCUT2D eigenvalue weighted by Crippen LogP contribution is -2.28. The third-order valence-electron chi connectivity index (χ3n) is 6.22. The number of hydrogen-bond acceptors (Lipinski definition) is 8. The summed E-state index contributed by atoms with van der Waals surface area (Å²) in [6, 6.07) is 20.3. The maximum atomic E-state index is 13.4. The van der Waals surface area contributed by atoms with Gasteiger partial charge in [-0.25, -0.2) is 9.78 Å². The fourth-order valence-electron chi connectivity index (χ4n) is 4.22. The molecule has 9 nitrogen and oxygen atoms in total. The number of nitrogens with zero attached hydrogens (tertiary/aromatic N) is 1. The van der Waals surface area contributed by atoms with Crippen LogP contribution in [0.15, 0.2) is 85.1 Å². The van der Waals surface area contributed by atoms with Gasteiger partial charge in [0.25, 0.3) is 5.91 Å². The lowest BCUT2D eigenvalue weighted by molar-refractivity contribution is -0.286. The van der Waals surface area contributed by atoms with E-state index in [2.05, 4.69) is 35.1 Å².